The molecular weight excluding hydrogens is 408 g/mol. The molecule has 0 saturated carbocycles. The number of ether oxygens (including phenoxy) is 1. The van der Waals surface area contributed by atoms with Crippen LogP contribution in [0.4, 0.5) is 9.18 Å². The number of amides is 1. The van der Waals surface area contributed by atoms with Crippen LogP contribution in [0, 0.1) is 19.7 Å². The van der Waals surface area contributed by atoms with Gasteiger partial charge in [-0.3, -0.25) is 0 Å². The van der Waals surface area contributed by atoms with Crippen molar-refractivity contribution in [2.24, 2.45) is 0 Å². The Morgan fingerprint density at radius 1 is 1.06 bits per heavy atom. The lowest BCUT2D eigenvalue weighted by Gasteiger charge is -2.32. The minimum atomic E-state index is -0.653. The molecule has 0 aromatic heterocycles. The summed E-state index contributed by atoms with van der Waals surface area (Å²) in [5.74, 6) is -0.220. The van der Waals surface area contributed by atoms with Crippen LogP contribution >= 0.6 is 0 Å². The number of nitrogens with one attached hydrogen (secondary N) is 1. The van der Waals surface area contributed by atoms with E-state index in [1.54, 1.807) is 26.0 Å². The van der Waals surface area contributed by atoms with E-state index in [0.29, 0.717) is 16.6 Å². The number of hydrogen-bond donors (Lipinski definition) is 1. The fourth-order valence-electron chi connectivity index (χ4n) is 3.42. The molecule has 170 valence electrons. The summed E-state index contributed by atoms with van der Waals surface area (Å²) < 4.78 is 31.8. The quantitative estimate of drug-likeness (QED) is 0.614. The first kappa shape index (κ1) is 24.0. The maximum atomic E-state index is 14.1. The Morgan fingerprint density at radius 3 is 2.19 bits per heavy atom. The van der Waals surface area contributed by atoms with E-state index in [9.17, 15) is 9.18 Å². The number of rotatable bonds is 6. The number of halogens is 1. The minimum Gasteiger partial charge on any atom is -0.445 e. The molecule has 1 heterocycles. The molecule has 1 amide bonds. The Kier molecular flexibility index (Phi) is 7.11. The smallest absolute Gasteiger partial charge is 0.445 e. The highest BCUT2D eigenvalue weighted by molar-refractivity contribution is 6.56. The molecule has 1 N–H and O–H groups in total. The van der Waals surface area contributed by atoms with Crippen LogP contribution in [0.15, 0.2) is 47.9 Å². The molecule has 0 bridgehead atoms. The van der Waals surface area contributed by atoms with E-state index in [0.717, 1.165) is 11.1 Å². The second-order valence-electron chi connectivity index (χ2n) is 9.19. The second kappa shape index (κ2) is 9.47. The van der Waals surface area contributed by atoms with Gasteiger partial charge < -0.3 is 19.4 Å². The van der Waals surface area contributed by atoms with Gasteiger partial charge in [-0.2, -0.15) is 0 Å². The van der Waals surface area contributed by atoms with Crippen LogP contribution in [0.5, 0.6) is 0 Å². The molecule has 1 aliphatic rings. The molecule has 1 aliphatic heterocycles. The molecule has 0 aliphatic carbocycles. The maximum Gasteiger partial charge on any atom is 0.492 e. The molecule has 7 heteroatoms. The zero-order chi connectivity index (χ0) is 23.5. The fourth-order valence-corrected chi connectivity index (χ4v) is 3.42. The third-order valence-electron chi connectivity index (χ3n) is 6.02. The molecule has 2 aromatic rings. The Morgan fingerprint density at radius 2 is 1.62 bits per heavy atom. The first-order valence-corrected chi connectivity index (χ1v) is 10.8. The molecule has 0 atom stereocenters. The molecule has 2 aromatic carbocycles. The van der Waals surface area contributed by atoms with Crippen molar-refractivity contribution in [1.29, 1.82) is 0 Å². The van der Waals surface area contributed by atoms with Crippen molar-refractivity contribution >= 4 is 19.3 Å². The average molecular weight is 439 g/mol. The highest BCUT2D eigenvalue weighted by atomic mass is 19.1. The largest absolute Gasteiger partial charge is 0.492 e. The number of alkyl carbamates (subject to hydrolysis) is 1. The van der Waals surface area contributed by atoms with Crippen molar-refractivity contribution in [2.45, 2.75) is 59.4 Å². The van der Waals surface area contributed by atoms with Crippen LogP contribution in [0.2, 0.25) is 0 Å². The summed E-state index contributed by atoms with van der Waals surface area (Å²) in [5.41, 5.74) is 2.48. The molecule has 1 fully saturated rings. The second-order valence-corrected chi connectivity index (χ2v) is 9.19. The summed E-state index contributed by atoms with van der Waals surface area (Å²) >= 11 is 0. The van der Waals surface area contributed by atoms with Crippen molar-refractivity contribution in [3.8, 4) is 0 Å². The van der Waals surface area contributed by atoms with Gasteiger partial charge in [0, 0.05) is 6.54 Å². The average Bonchev–Trinajstić information content (AvgIpc) is 2.95. The summed E-state index contributed by atoms with van der Waals surface area (Å²) in [5, 5.41) is 2.78. The van der Waals surface area contributed by atoms with E-state index in [1.807, 2.05) is 64.1 Å². The normalized spacial score (nSPS) is 17.3. The van der Waals surface area contributed by atoms with E-state index < -0.39 is 24.4 Å². The van der Waals surface area contributed by atoms with E-state index in [-0.39, 0.29) is 19.0 Å². The summed E-state index contributed by atoms with van der Waals surface area (Å²) in [6.45, 7) is 11.7. The monoisotopic (exact) mass is 439 g/mol. The van der Waals surface area contributed by atoms with Gasteiger partial charge in [0.15, 0.2) is 0 Å². The van der Waals surface area contributed by atoms with Crippen LogP contribution < -0.4 is 5.32 Å². The number of hydrogen-bond acceptors (Lipinski definition) is 4. The summed E-state index contributed by atoms with van der Waals surface area (Å²) in [6.07, 6.45) is 1.33. The van der Waals surface area contributed by atoms with Gasteiger partial charge in [-0.05, 0) is 81.4 Å². The van der Waals surface area contributed by atoms with Crippen molar-refractivity contribution in [2.75, 3.05) is 6.54 Å². The van der Waals surface area contributed by atoms with Crippen molar-refractivity contribution in [3.05, 3.63) is 76.0 Å². The third-order valence-corrected chi connectivity index (χ3v) is 6.02. The Labute approximate surface area is 190 Å². The lowest BCUT2D eigenvalue weighted by atomic mass is 9.77. The van der Waals surface area contributed by atoms with Crippen molar-refractivity contribution in [3.63, 3.8) is 0 Å². The highest BCUT2D eigenvalue weighted by Crippen LogP contribution is 2.38. The van der Waals surface area contributed by atoms with Crippen LogP contribution in [-0.2, 0) is 20.7 Å². The highest BCUT2D eigenvalue weighted by Gasteiger charge is 2.52. The van der Waals surface area contributed by atoms with E-state index in [1.165, 1.54) is 0 Å². The molecule has 0 radical (unpaired) electrons. The number of carbonyl (C=O) groups is 1. The summed E-state index contributed by atoms with van der Waals surface area (Å²) in [6, 6.07) is 13.0. The lowest BCUT2D eigenvalue weighted by molar-refractivity contribution is 0.00578. The van der Waals surface area contributed by atoms with Gasteiger partial charge in [0.25, 0.3) is 0 Å². The topological polar surface area (TPSA) is 56.8 Å². The molecular formula is C25H31BFNO4. The predicted molar refractivity (Wildman–Crippen MR) is 125 cm³/mol. The number of carbonyl (C=O) groups excluding carboxylic acids is 1. The van der Waals surface area contributed by atoms with Gasteiger partial charge in [0.1, 0.15) is 12.4 Å². The lowest BCUT2D eigenvalue weighted by Crippen LogP contribution is -2.41. The van der Waals surface area contributed by atoms with Gasteiger partial charge >= 0.3 is 13.2 Å². The number of aryl methyl sites for hydroxylation is 2. The SMILES string of the molecule is Cc1cc(C=C(CNC(=O)OCc2ccccc2)B2OC(C)(C)C(C)(C)O2)cc(C)c1F. The van der Waals surface area contributed by atoms with Crippen LogP contribution in [0.3, 0.4) is 0 Å². The van der Waals surface area contributed by atoms with E-state index in [2.05, 4.69) is 5.32 Å². The van der Waals surface area contributed by atoms with Crippen LogP contribution in [0.1, 0.15) is 49.9 Å². The molecule has 0 unspecified atom stereocenters. The van der Waals surface area contributed by atoms with Gasteiger partial charge in [-0.1, -0.05) is 36.4 Å². The van der Waals surface area contributed by atoms with E-state index in [4.69, 9.17) is 14.0 Å². The Balaban J connectivity index is 1.77. The Hall–Kier alpha value is -2.64. The van der Waals surface area contributed by atoms with Crippen LogP contribution in [0.25, 0.3) is 6.08 Å². The molecule has 32 heavy (non-hydrogen) atoms. The number of benzene rings is 2. The third kappa shape index (κ3) is 5.58. The first-order valence-electron chi connectivity index (χ1n) is 10.8. The molecule has 3 rings (SSSR count). The van der Waals surface area contributed by atoms with Gasteiger partial charge in [-0.15, -0.1) is 0 Å². The summed E-state index contributed by atoms with van der Waals surface area (Å²) in [7, 11) is -0.653. The van der Waals surface area contributed by atoms with Gasteiger partial charge in [0.05, 0.1) is 11.2 Å². The zero-order valence-corrected chi connectivity index (χ0v) is 19.6. The molecule has 0 spiro atoms. The predicted octanol–water partition coefficient (Wildman–Crippen LogP) is 5.38. The van der Waals surface area contributed by atoms with E-state index >= 15 is 0 Å². The van der Waals surface area contributed by atoms with Crippen molar-refractivity contribution in [1.82, 2.24) is 5.32 Å². The zero-order valence-electron chi connectivity index (χ0n) is 19.6. The van der Waals surface area contributed by atoms with Gasteiger partial charge in [0.2, 0.25) is 0 Å². The fraction of sp³-hybridized carbons (Fsp3) is 0.400. The Bertz CT molecular complexity index is 965. The summed E-state index contributed by atoms with van der Waals surface area (Å²) in [4.78, 5) is 12.3. The van der Waals surface area contributed by atoms with Gasteiger partial charge in [-0.25, -0.2) is 9.18 Å². The minimum absolute atomic E-state index is 0.167. The standard InChI is InChI=1S/C25H31BFNO4/c1-17-12-20(13-18(2)22(17)27)14-21(26-31-24(3,4)25(5,6)32-26)15-28-23(29)30-16-19-10-8-7-9-11-19/h7-14H,15-16H2,1-6H3,(H,28,29). The first-order chi connectivity index (χ1) is 15.0. The molecule has 1 saturated heterocycles. The van der Waals surface area contributed by atoms with Crippen LogP contribution in [-0.4, -0.2) is 31.0 Å². The van der Waals surface area contributed by atoms with Crippen molar-refractivity contribution < 1.29 is 23.2 Å². The molecule has 5 nitrogen and oxygen atoms in total. The maximum absolute atomic E-state index is 14.1.